The van der Waals surface area contributed by atoms with E-state index in [2.05, 4.69) is 35.5 Å². The average Bonchev–Trinajstić information content (AvgIpc) is 3.49. The SMILES string of the molecule is CNC.Cc1nc2c(F)cc(-c3nc(Nc4ccc(N5CCCC5)cn4)ncc3F)cc2n1C(C)C. The van der Waals surface area contributed by atoms with Gasteiger partial charge in [0, 0.05) is 24.7 Å². The summed E-state index contributed by atoms with van der Waals surface area (Å²) < 4.78 is 31.5. The number of fused-ring (bicyclic) bond motifs is 1. The van der Waals surface area contributed by atoms with E-state index in [1.165, 1.54) is 18.9 Å². The molecule has 0 bridgehead atoms. The van der Waals surface area contributed by atoms with Crippen molar-refractivity contribution in [2.45, 2.75) is 39.7 Å². The number of nitrogens with one attached hydrogen (secondary N) is 2. The Morgan fingerprint density at radius 2 is 1.67 bits per heavy atom. The Kier molecular flexibility index (Phi) is 7.73. The quantitative estimate of drug-likeness (QED) is 0.393. The summed E-state index contributed by atoms with van der Waals surface area (Å²) in [5.74, 6) is 0.276. The molecule has 1 aromatic carbocycles. The third kappa shape index (κ3) is 5.28. The topological polar surface area (TPSA) is 83.8 Å². The summed E-state index contributed by atoms with van der Waals surface area (Å²) in [5, 5.41) is 5.76. The summed E-state index contributed by atoms with van der Waals surface area (Å²) in [7, 11) is 3.75. The Morgan fingerprint density at radius 3 is 2.31 bits per heavy atom. The van der Waals surface area contributed by atoms with Crippen molar-refractivity contribution >= 4 is 28.5 Å². The normalized spacial score (nSPS) is 13.3. The molecular formula is C26H32F2N8. The first-order valence-electron chi connectivity index (χ1n) is 12.1. The van der Waals surface area contributed by atoms with E-state index in [1.54, 1.807) is 12.3 Å². The second kappa shape index (κ2) is 10.9. The third-order valence-electron chi connectivity index (χ3n) is 5.92. The van der Waals surface area contributed by atoms with Gasteiger partial charge in [-0.25, -0.2) is 28.7 Å². The van der Waals surface area contributed by atoms with Gasteiger partial charge in [0.2, 0.25) is 5.95 Å². The Hall–Kier alpha value is -3.66. The summed E-state index contributed by atoms with van der Waals surface area (Å²) in [6.07, 6.45) is 5.26. The minimum absolute atomic E-state index is 0.0103. The van der Waals surface area contributed by atoms with E-state index in [4.69, 9.17) is 0 Å². The van der Waals surface area contributed by atoms with E-state index < -0.39 is 11.6 Å². The van der Waals surface area contributed by atoms with E-state index in [0.29, 0.717) is 22.7 Å². The molecule has 10 heteroatoms. The fourth-order valence-corrected chi connectivity index (χ4v) is 4.42. The van der Waals surface area contributed by atoms with Crippen molar-refractivity contribution in [1.82, 2.24) is 29.8 Å². The highest BCUT2D eigenvalue weighted by Crippen LogP contribution is 2.30. The smallest absolute Gasteiger partial charge is 0.229 e. The van der Waals surface area contributed by atoms with Crippen molar-refractivity contribution in [2.24, 2.45) is 0 Å². The maximum Gasteiger partial charge on any atom is 0.229 e. The number of pyridine rings is 1. The highest BCUT2D eigenvalue weighted by molar-refractivity contribution is 5.83. The molecule has 0 saturated carbocycles. The number of halogens is 2. The Balaban J connectivity index is 0.000000967. The summed E-state index contributed by atoms with van der Waals surface area (Å²) in [5.41, 5.74) is 2.27. The standard InChI is InChI=1S/C24H25F2N7.C2H7N/c1-14(2)33-15(3)29-23-18(25)10-16(11-20(23)33)22-19(26)13-28-24(31-22)30-21-7-6-17(12-27-21)32-8-4-5-9-32;1-3-2/h6-7,10-14H,4-5,8-9H2,1-3H3,(H,27,28,30,31);3H,1-2H3. The molecule has 190 valence electrons. The minimum Gasteiger partial charge on any atom is -0.370 e. The number of hydrogen-bond acceptors (Lipinski definition) is 7. The van der Waals surface area contributed by atoms with Crippen LogP contribution < -0.4 is 15.5 Å². The van der Waals surface area contributed by atoms with E-state index in [-0.39, 0.29) is 23.2 Å². The van der Waals surface area contributed by atoms with Crippen LogP contribution in [0.25, 0.3) is 22.3 Å². The molecule has 0 unspecified atom stereocenters. The zero-order chi connectivity index (χ0) is 25.8. The fourth-order valence-electron chi connectivity index (χ4n) is 4.42. The van der Waals surface area contributed by atoms with Crippen LogP contribution >= 0.6 is 0 Å². The maximum atomic E-state index is 14.9. The molecule has 8 nitrogen and oxygen atoms in total. The highest BCUT2D eigenvalue weighted by atomic mass is 19.1. The average molecular weight is 495 g/mol. The van der Waals surface area contributed by atoms with Gasteiger partial charge in [0.25, 0.3) is 0 Å². The summed E-state index contributed by atoms with van der Waals surface area (Å²) >= 11 is 0. The second-order valence-corrected chi connectivity index (χ2v) is 9.06. The lowest BCUT2D eigenvalue weighted by molar-refractivity contribution is 0.600. The van der Waals surface area contributed by atoms with E-state index >= 15 is 0 Å². The van der Waals surface area contributed by atoms with Crippen molar-refractivity contribution in [3.63, 3.8) is 0 Å². The maximum absolute atomic E-state index is 14.9. The van der Waals surface area contributed by atoms with Crippen LogP contribution in [-0.2, 0) is 0 Å². The van der Waals surface area contributed by atoms with Crippen LogP contribution in [0.5, 0.6) is 0 Å². The molecule has 4 aromatic rings. The molecule has 1 fully saturated rings. The van der Waals surface area contributed by atoms with Crippen LogP contribution in [0.3, 0.4) is 0 Å². The highest BCUT2D eigenvalue weighted by Gasteiger charge is 2.19. The Bertz CT molecular complexity index is 1330. The third-order valence-corrected chi connectivity index (χ3v) is 5.92. The molecule has 5 rings (SSSR count). The van der Waals surface area contributed by atoms with Crippen LogP contribution in [0.2, 0.25) is 0 Å². The number of rotatable bonds is 5. The van der Waals surface area contributed by atoms with Gasteiger partial charge in [-0.2, -0.15) is 0 Å². The van der Waals surface area contributed by atoms with Crippen molar-refractivity contribution in [1.29, 1.82) is 0 Å². The van der Waals surface area contributed by atoms with Crippen LogP contribution in [0, 0.1) is 18.6 Å². The molecule has 2 N–H and O–H groups in total. The number of aryl methyl sites for hydroxylation is 1. The van der Waals surface area contributed by atoms with Gasteiger partial charge in [0.15, 0.2) is 11.6 Å². The lowest BCUT2D eigenvalue weighted by Crippen LogP contribution is -2.17. The largest absolute Gasteiger partial charge is 0.370 e. The van der Waals surface area contributed by atoms with E-state index in [9.17, 15) is 8.78 Å². The first-order chi connectivity index (χ1) is 17.3. The van der Waals surface area contributed by atoms with Crippen molar-refractivity contribution in [3.05, 3.63) is 54.1 Å². The minimum atomic E-state index is -0.635. The van der Waals surface area contributed by atoms with Gasteiger partial charge in [-0.05, 0) is 72.0 Å². The summed E-state index contributed by atoms with van der Waals surface area (Å²) in [6, 6.07) is 6.89. The van der Waals surface area contributed by atoms with Crippen LogP contribution in [0.15, 0.2) is 36.7 Å². The number of aromatic nitrogens is 5. The van der Waals surface area contributed by atoms with E-state index in [1.807, 2.05) is 51.6 Å². The molecule has 1 aliphatic heterocycles. The number of hydrogen-bond donors (Lipinski definition) is 2. The van der Waals surface area contributed by atoms with Crippen molar-refractivity contribution in [2.75, 3.05) is 37.4 Å². The number of anilines is 3. The lowest BCUT2D eigenvalue weighted by atomic mass is 10.1. The monoisotopic (exact) mass is 494 g/mol. The van der Waals surface area contributed by atoms with Crippen LogP contribution in [0.4, 0.5) is 26.2 Å². The first-order valence-corrected chi connectivity index (χ1v) is 12.1. The Morgan fingerprint density at radius 1 is 0.944 bits per heavy atom. The number of benzene rings is 1. The molecule has 0 aliphatic carbocycles. The first kappa shape index (κ1) is 25.4. The predicted octanol–water partition coefficient (Wildman–Crippen LogP) is 5.24. The van der Waals surface area contributed by atoms with Gasteiger partial charge < -0.3 is 20.1 Å². The zero-order valence-electron chi connectivity index (χ0n) is 21.3. The molecular weight excluding hydrogens is 462 g/mol. The molecule has 1 saturated heterocycles. The van der Waals surface area contributed by atoms with Gasteiger partial charge in [0.05, 0.1) is 23.6 Å². The summed E-state index contributed by atoms with van der Waals surface area (Å²) in [4.78, 5) is 19.4. The zero-order valence-corrected chi connectivity index (χ0v) is 21.3. The summed E-state index contributed by atoms with van der Waals surface area (Å²) in [6.45, 7) is 7.89. The molecule has 4 heterocycles. The van der Waals surface area contributed by atoms with Crippen molar-refractivity contribution < 1.29 is 8.78 Å². The van der Waals surface area contributed by atoms with Gasteiger partial charge in [-0.1, -0.05) is 0 Å². The molecule has 0 spiro atoms. The molecule has 3 aromatic heterocycles. The van der Waals surface area contributed by atoms with Gasteiger partial charge in [-0.3, -0.25) is 0 Å². The number of nitrogens with zero attached hydrogens (tertiary/aromatic N) is 6. The molecule has 0 radical (unpaired) electrons. The molecule has 1 aliphatic rings. The molecule has 0 amide bonds. The molecule has 36 heavy (non-hydrogen) atoms. The lowest BCUT2D eigenvalue weighted by Gasteiger charge is -2.17. The van der Waals surface area contributed by atoms with Gasteiger partial charge in [-0.15, -0.1) is 0 Å². The van der Waals surface area contributed by atoms with Crippen LogP contribution in [0.1, 0.15) is 38.6 Å². The second-order valence-electron chi connectivity index (χ2n) is 9.06. The number of imidazole rings is 1. The van der Waals surface area contributed by atoms with Crippen molar-refractivity contribution in [3.8, 4) is 11.3 Å². The van der Waals surface area contributed by atoms with Gasteiger partial charge in [0.1, 0.15) is 22.9 Å². The predicted molar refractivity (Wildman–Crippen MR) is 140 cm³/mol. The van der Waals surface area contributed by atoms with E-state index in [0.717, 1.165) is 25.0 Å². The van der Waals surface area contributed by atoms with Gasteiger partial charge >= 0.3 is 0 Å². The fraction of sp³-hybridized carbons (Fsp3) is 0.385. The van der Waals surface area contributed by atoms with Crippen LogP contribution in [-0.4, -0.2) is 51.7 Å². The Labute approximate surface area is 209 Å². The molecule has 0 atom stereocenters.